The highest BCUT2D eigenvalue weighted by molar-refractivity contribution is 5.25. The van der Waals surface area contributed by atoms with Gasteiger partial charge in [0, 0.05) is 11.4 Å². The zero-order valence-electron chi connectivity index (χ0n) is 9.38. The molecule has 1 nitrogen and oxygen atoms in total. The van der Waals surface area contributed by atoms with Gasteiger partial charge in [0.25, 0.3) is 0 Å². The topological polar surface area (TPSA) is 12.9 Å². The van der Waals surface area contributed by atoms with Crippen molar-refractivity contribution in [2.45, 2.75) is 46.0 Å². The van der Waals surface area contributed by atoms with Crippen LogP contribution >= 0.6 is 0 Å². The second-order valence-corrected chi connectivity index (χ2v) is 4.78. The summed E-state index contributed by atoms with van der Waals surface area (Å²) in [5.41, 5.74) is 3.90. The Morgan fingerprint density at radius 1 is 1.36 bits per heavy atom. The highest BCUT2D eigenvalue weighted by Crippen LogP contribution is 2.32. The van der Waals surface area contributed by atoms with Crippen LogP contribution in [0, 0.1) is 12.8 Å². The molecule has 0 saturated heterocycles. The van der Waals surface area contributed by atoms with Crippen LogP contribution in [0.15, 0.2) is 12.1 Å². The van der Waals surface area contributed by atoms with Gasteiger partial charge in [0.15, 0.2) is 0 Å². The van der Waals surface area contributed by atoms with E-state index in [-0.39, 0.29) is 0 Å². The monoisotopic (exact) mass is 189 g/mol. The number of pyridine rings is 1. The number of nitrogens with zero attached hydrogens (tertiary/aromatic N) is 1. The van der Waals surface area contributed by atoms with E-state index >= 15 is 0 Å². The maximum absolute atomic E-state index is 4.67. The summed E-state index contributed by atoms with van der Waals surface area (Å²) in [4.78, 5) is 4.67. The van der Waals surface area contributed by atoms with E-state index in [4.69, 9.17) is 0 Å². The van der Waals surface area contributed by atoms with E-state index in [0.29, 0.717) is 5.92 Å². The molecular weight excluding hydrogens is 170 g/mol. The molecule has 0 N–H and O–H groups in total. The van der Waals surface area contributed by atoms with Crippen LogP contribution in [0.3, 0.4) is 0 Å². The Kier molecular flexibility index (Phi) is 2.58. The van der Waals surface area contributed by atoms with Crippen LogP contribution in [-0.2, 0) is 6.42 Å². The Morgan fingerprint density at radius 2 is 2.07 bits per heavy atom. The van der Waals surface area contributed by atoms with Crippen molar-refractivity contribution in [1.29, 1.82) is 0 Å². The largest absolute Gasteiger partial charge is 0.258 e. The zero-order valence-corrected chi connectivity index (χ0v) is 9.38. The van der Waals surface area contributed by atoms with Crippen molar-refractivity contribution >= 4 is 0 Å². The molecule has 0 spiro atoms. The van der Waals surface area contributed by atoms with E-state index in [0.717, 1.165) is 5.92 Å². The average Bonchev–Trinajstić information content (AvgIpc) is 2.87. The normalized spacial score (nSPS) is 16.3. The van der Waals surface area contributed by atoms with Crippen molar-refractivity contribution in [3.63, 3.8) is 0 Å². The van der Waals surface area contributed by atoms with E-state index in [2.05, 4.69) is 37.9 Å². The molecule has 14 heavy (non-hydrogen) atoms. The Bertz CT molecular complexity index is 324. The van der Waals surface area contributed by atoms with E-state index in [1.807, 2.05) is 0 Å². The minimum atomic E-state index is 0.595. The first-order valence-electron chi connectivity index (χ1n) is 5.63. The van der Waals surface area contributed by atoms with E-state index < -0.39 is 0 Å². The molecule has 0 aromatic carbocycles. The summed E-state index contributed by atoms with van der Waals surface area (Å²) in [6.07, 6.45) is 4.01. The fourth-order valence-corrected chi connectivity index (χ4v) is 1.97. The maximum atomic E-state index is 4.67. The Labute approximate surface area is 86.6 Å². The van der Waals surface area contributed by atoms with Crippen LogP contribution in [-0.4, -0.2) is 4.98 Å². The molecule has 0 radical (unpaired) electrons. The molecule has 0 aliphatic heterocycles. The summed E-state index contributed by atoms with van der Waals surface area (Å²) in [5, 5.41) is 0. The number of aromatic nitrogens is 1. The van der Waals surface area contributed by atoms with Crippen LogP contribution < -0.4 is 0 Å². The standard InChI is InChI=1S/C13H19N/c1-9(2)13-7-6-12(14-10(13)3)8-11-4-5-11/h6-7,9,11H,4-5,8H2,1-3H3. The van der Waals surface area contributed by atoms with E-state index in [9.17, 15) is 0 Å². The molecule has 76 valence electrons. The van der Waals surface area contributed by atoms with Crippen molar-refractivity contribution in [2.75, 3.05) is 0 Å². The first-order valence-corrected chi connectivity index (χ1v) is 5.63. The van der Waals surface area contributed by atoms with Gasteiger partial charge < -0.3 is 0 Å². The maximum Gasteiger partial charge on any atom is 0.0410 e. The third-order valence-corrected chi connectivity index (χ3v) is 3.00. The molecule has 0 amide bonds. The first-order chi connectivity index (χ1) is 6.66. The highest BCUT2D eigenvalue weighted by atomic mass is 14.7. The molecule has 0 unspecified atom stereocenters. The molecule has 1 heteroatoms. The van der Waals surface area contributed by atoms with E-state index in [1.165, 1.54) is 36.2 Å². The van der Waals surface area contributed by atoms with E-state index in [1.54, 1.807) is 0 Å². The zero-order chi connectivity index (χ0) is 10.1. The fraction of sp³-hybridized carbons (Fsp3) is 0.615. The summed E-state index contributed by atoms with van der Waals surface area (Å²) in [6.45, 7) is 6.58. The lowest BCUT2D eigenvalue weighted by Gasteiger charge is -2.10. The van der Waals surface area contributed by atoms with Crippen molar-refractivity contribution in [3.05, 3.63) is 29.1 Å². The quantitative estimate of drug-likeness (QED) is 0.709. The molecule has 0 bridgehead atoms. The van der Waals surface area contributed by atoms with Gasteiger partial charge >= 0.3 is 0 Å². The van der Waals surface area contributed by atoms with Gasteiger partial charge in [-0.2, -0.15) is 0 Å². The van der Waals surface area contributed by atoms with Crippen LogP contribution in [0.25, 0.3) is 0 Å². The number of hydrogen-bond acceptors (Lipinski definition) is 1. The van der Waals surface area contributed by atoms with Crippen molar-refractivity contribution in [1.82, 2.24) is 4.98 Å². The van der Waals surface area contributed by atoms with Crippen molar-refractivity contribution in [3.8, 4) is 0 Å². The summed E-state index contributed by atoms with van der Waals surface area (Å²) in [5.74, 6) is 1.53. The predicted octanol–water partition coefficient (Wildman–Crippen LogP) is 3.47. The molecule has 1 saturated carbocycles. The number of aryl methyl sites for hydroxylation is 1. The van der Waals surface area contributed by atoms with Crippen LogP contribution in [0.5, 0.6) is 0 Å². The lowest BCUT2D eigenvalue weighted by molar-refractivity contribution is 0.782. The van der Waals surface area contributed by atoms with Gasteiger partial charge in [-0.15, -0.1) is 0 Å². The lowest BCUT2D eigenvalue weighted by atomic mass is 10.0. The lowest BCUT2D eigenvalue weighted by Crippen LogP contribution is -1.99. The first kappa shape index (κ1) is 9.70. The van der Waals surface area contributed by atoms with Gasteiger partial charge in [0.2, 0.25) is 0 Å². The SMILES string of the molecule is Cc1nc(CC2CC2)ccc1C(C)C. The molecule has 1 aromatic heterocycles. The van der Waals surface area contributed by atoms with Gasteiger partial charge in [-0.1, -0.05) is 19.9 Å². The third-order valence-electron chi connectivity index (χ3n) is 3.00. The molecule has 1 fully saturated rings. The summed E-state index contributed by atoms with van der Waals surface area (Å²) in [6, 6.07) is 4.46. The number of hydrogen-bond donors (Lipinski definition) is 0. The molecule has 1 aromatic rings. The second kappa shape index (κ2) is 3.72. The van der Waals surface area contributed by atoms with Crippen LogP contribution in [0.2, 0.25) is 0 Å². The molecule has 1 aliphatic carbocycles. The Balaban J connectivity index is 2.16. The van der Waals surface area contributed by atoms with Gasteiger partial charge in [0.05, 0.1) is 0 Å². The molecule has 1 heterocycles. The van der Waals surface area contributed by atoms with Gasteiger partial charge in [-0.3, -0.25) is 4.98 Å². The summed E-state index contributed by atoms with van der Waals surface area (Å²) >= 11 is 0. The minimum Gasteiger partial charge on any atom is -0.258 e. The van der Waals surface area contributed by atoms with Gasteiger partial charge in [-0.25, -0.2) is 0 Å². The third kappa shape index (κ3) is 2.14. The van der Waals surface area contributed by atoms with Crippen molar-refractivity contribution < 1.29 is 0 Å². The Hall–Kier alpha value is -0.850. The molecule has 0 atom stereocenters. The highest BCUT2D eigenvalue weighted by Gasteiger charge is 2.22. The van der Waals surface area contributed by atoms with Crippen molar-refractivity contribution in [2.24, 2.45) is 5.92 Å². The summed E-state index contributed by atoms with van der Waals surface area (Å²) < 4.78 is 0. The van der Waals surface area contributed by atoms with Crippen LogP contribution in [0.1, 0.15) is 49.6 Å². The predicted molar refractivity (Wildman–Crippen MR) is 59.5 cm³/mol. The van der Waals surface area contributed by atoms with Crippen LogP contribution in [0.4, 0.5) is 0 Å². The summed E-state index contributed by atoms with van der Waals surface area (Å²) in [7, 11) is 0. The molecule has 2 rings (SSSR count). The fourth-order valence-electron chi connectivity index (χ4n) is 1.97. The second-order valence-electron chi connectivity index (χ2n) is 4.78. The van der Waals surface area contributed by atoms with Gasteiger partial charge in [-0.05, 0) is 49.7 Å². The minimum absolute atomic E-state index is 0.595. The van der Waals surface area contributed by atoms with Gasteiger partial charge in [0.1, 0.15) is 0 Å². The number of rotatable bonds is 3. The average molecular weight is 189 g/mol. The smallest absolute Gasteiger partial charge is 0.0410 e. The molecular formula is C13H19N. The molecule has 1 aliphatic rings. The Morgan fingerprint density at radius 3 is 2.57 bits per heavy atom.